The molecular formula is C23H25ClFN3O2. The number of hydrogen-bond acceptors (Lipinski definition) is 3. The van der Waals surface area contributed by atoms with Crippen molar-refractivity contribution in [2.24, 2.45) is 0 Å². The van der Waals surface area contributed by atoms with E-state index in [9.17, 15) is 14.0 Å². The van der Waals surface area contributed by atoms with Gasteiger partial charge in [0.2, 0.25) is 0 Å². The van der Waals surface area contributed by atoms with E-state index in [1.54, 1.807) is 41.3 Å². The van der Waals surface area contributed by atoms with Crippen LogP contribution in [-0.4, -0.2) is 70.8 Å². The van der Waals surface area contributed by atoms with Crippen LogP contribution in [0, 0.1) is 5.82 Å². The molecule has 7 heteroatoms. The summed E-state index contributed by atoms with van der Waals surface area (Å²) in [6.45, 7) is 7.05. The molecule has 0 N–H and O–H groups in total. The molecule has 0 unspecified atom stereocenters. The third-order valence-electron chi connectivity index (χ3n) is 6.04. The molecule has 5 nitrogen and oxygen atoms in total. The van der Waals surface area contributed by atoms with Gasteiger partial charge in [-0.2, -0.15) is 0 Å². The molecule has 0 aromatic heterocycles. The highest BCUT2D eigenvalue weighted by Crippen LogP contribution is 2.30. The fraction of sp³-hybridized carbons (Fsp3) is 0.391. The highest BCUT2D eigenvalue weighted by Gasteiger charge is 2.44. The van der Waals surface area contributed by atoms with Gasteiger partial charge in [-0.1, -0.05) is 23.7 Å². The second-order valence-electron chi connectivity index (χ2n) is 8.58. The molecule has 2 aromatic carbocycles. The van der Waals surface area contributed by atoms with Crippen LogP contribution >= 0.6 is 11.6 Å². The highest BCUT2D eigenvalue weighted by atomic mass is 35.5. The molecule has 0 spiro atoms. The van der Waals surface area contributed by atoms with Crippen LogP contribution in [0.1, 0.15) is 34.6 Å². The Morgan fingerprint density at radius 3 is 2.33 bits per heavy atom. The van der Waals surface area contributed by atoms with E-state index in [1.807, 2.05) is 4.90 Å². The normalized spacial score (nSPS) is 21.3. The maximum atomic E-state index is 14.2. The van der Waals surface area contributed by atoms with E-state index in [4.69, 9.17) is 11.6 Å². The minimum absolute atomic E-state index is 0.00512. The molecule has 2 amide bonds. The van der Waals surface area contributed by atoms with Crippen molar-refractivity contribution in [2.75, 3.05) is 32.7 Å². The summed E-state index contributed by atoms with van der Waals surface area (Å²) in [5.74, 6) is -0.852. The lowest BCUT2D eigenvalue weighted by molar-refractivity contribution is -0.0508. The van der Waals surface area contributed by atoms with Gasteiger partial charge in [0.05, 0.1) is 5.56 Å². The molecule has 2 saturated heterocycles. The Morgan fingerprint density at radius 1 is 0.967 bits per heavy atom. The molecule has 2 aromatic rings. The van der Waals surface area contributed by atoms with Gasteiger partial charge in [0.25, 0.3) is 11.8 Å². The number of rotatable bonds is 2. The third-order valence-corrected chi connectivity index (χ3v) is 6.29. The lowest BCUT2D eigenvalue weighted by Gasteiger charge is -2.55. The molecule has 0 saturated carbocycles. The maximum Gasteiger partial charge on any atom is 0.256 e. The number of piperazine rings is 2. The van der Waals surface area contributed by atoms with Gasteiger partial charge in [-0.05, 0) is 50.2 Å². The Bertz CT molecular complexity index is 963. The van der Waals surface area contributed by atoms with E-state index in [2.05, 4.69) is 18.7 Å². The zero-order chi connectivity index (χ0) is 21.5. The number of fused-ring (bicyclic) bond motifs is 1. The van der Waals surface area contributed by atoms with Crippen molar-refractivity contribution < 1.29 is 14.0 Å². The Kier molecular flexibility index (Phi) is 5.55. The minimum atomic E-state index is -0.508. The second kappa shape index (κ2) is 8.00. The van der Waals surface area contributed by atoms with Crippen molar-refractivity contribution >= 4 is 23.4 Å². The number of amides is 2. The third kappa shape index (κ3) is 3.94. The van der Waals surface area contributed by atoms with Crippen LogP contribution in [0.3, 0.4) is 0 Å². The van der Waals surface area contributed by atoms with Gasteiger partial charge in [0, 0.05) is 54.9 Å². The van der Waals surface area contributed by atoms with Gasteiger partial charge >= 0.3 is 0 Å². The first-order valence-corrected chi connectivity index (χ1v) is 10.5. The van der Waals surface area contributed by atoms with Gasteiger partial charge < -0.3 is 9.80 Å². The number of carbonyl (C=O) groups is 2. The Balaban J connectivity index is 1.53. The molecule has 1 atom stereocenters. The van der Waals surface area contributed by atoms with Crippen molar-refractivity contribution in [3.05, 3.63) is 70.5 Å². The summed E-state index contributed by atoms with van der Waals surface area (Å²) in [6.07, 6.45) is 0. The van der Waals surface area contributed by atoms with Crippen molar-refractivity contribution in [3.63, 3.8) is 0 Å². The van der Waals surface area contributed by atoms with Gasteiger partial charge in [-0.15, -0.1) is 0 Å². The van der Waals surface area contributed by atoms with Crippen molar-refractivity contribution in [1.82, 2.24) is 14.7 Å². The summed E-state index contributed by atoms with van der Waals surface area (Å²) >= 11 is 5.94. The fourth-order valence-electron chi connectivity index (χ4n) is 4.60. The first-order valence-electron chi connectivity index (χ1n) is 10.1. The molecule has 0 bridgehead atoms. The minimum Gasteiger partial charge on any atom is -0.336 e. The zero-order valence-corrected chi connectivity index (χ0v) is 17.9. The number of hydrogen-bond donors (Lipinski definition) is 0. The highest BCUT2D eigenvalue weighted by molar-refractivity contribution is 6.30. The molecule has 2 heterocycles. The van der Waals surface area contributed by atoms with E-state index in [-0.39, 0.29) is 29.0 Å². The maximum absolute atomic E-state index is 14.2. The summed E-state index contributed by atoms with van der Waals surface area (Å²) in [6, 6.07) is 13.0. The lowest BCUT2D eigenvalue weighted by Crippen LogP contribution is -2.70. The van der Waals surface area contributed by atoms with Crippen LogP contribution in [0.4, 0.5) is 4.39 Å². The molecule has 0 aliphatic carbocycles. The first kappa shape index (κ1) is 20.8. The lowest BCUT2D eigenvalue weighted by atomic mass is 9.92. The van der Waals surface area contributed by atoms with Crippen molar-refractivity contribution in [3.8, 4) is 0 Å². The summed E-state index contributed by atoms with van der Waals surface area (Å²) in [4.78, 5) is 31.9. The fourth-order valence-corrected chi connectivity index (χ4v) is 4.73. The average Bonchev–Trinajstić information content (AvgIpc) is 2.72. The van der Waals surface area contributed by atoms with Crippen LogP contribution in [0.2, 0.25) is 5.02 Å². The van der Waals surface area contributed by atoms with Gasteiger partial charge in [-0.3, -0.25) is 14.5 Å². The molecular weight excluding hydrogens is 405 g/mol. The van der Waals surface area contributed by atoms with Gasteiger partial charge in [0.1, 0.15) is 5.82 Å². The number of nitrogens with zero attached hydrogens (tertiary/aromatic N) is 3. The molecule has 2 aliphatic heterocycles. The molecule has 2 aliphatic rings. The Labute approximate surface area is 181 Å². The zero-order valence-electron chi connectivity index (χ0n) is 17.1. The second-order valence-corrected chi connectivity index (χ2v) is 9.02. The summed E-state index contributed by atoms with van der Waals surface area (Å²) < 4.78 is 14.2. The molecule has 4 rings (SSSR count). The van der Waals surface area contributed by atoms with Crippen molar-refractivity contribution in [1.29, 1.82) is 0 Å². The topological polar surface area (TPSA) is 43.9 Å². The van der Waals surface area contributed by atoms with Crippen LogP contribution in [0.25, 0.3) is 0 Å². The number of benzene rings is 2. The molecule has 30 heavy (non-hydrogen) atoms. The first-order chi connectivity index (χ1) is 14.3. The summed E-state index contributed by atoms with van der Waals surface area (Å²) in [7, 11) is 0. The number of halogens is 2. The molecule has 158 valence electrons. The summed E-state index contributed by atoms with van der Waals surface area (Å²) in [5.41, 5.74) is 0.424. The SMILES string of the molecule is CC1(C)CN(C(=O)c2ccccc2F)C[C@@H]2CN(C(=O)c3ccc(Cl)cc3)CCN21. The smallest absolute Gasteiger partial charge is 0.256 e. The largest absolute Gasteiger partial charge is 0.336 e. The van der Waals surface area contributed by atoms with Gasteiger partial charge in [0.15, 0.2) is 0 Å². The Hall–Kier alpha value is -2.44. The quantitative estimate of drug-likeness (QED) is 0.733. The average molecular weight is 430 g/mol. The predicted octanol–water partition coefficient (Wildman–Crippen LogP) is 3.54. The predicted molar refractivity (Wildman–Crippen MR) is 114 cm³/mol. The Morgan fingerprint density at radius 2 is 1.63 bits per heavy atom. The van der Waals surface area contributed by atoms with Crippen LogP contribution in [0.15, 0.2) is 48.5 Å². The molecule has 2 fully saturated rings. The monoisotopic (exact) mass is 429 g/mol. The van der Waals surface area contributed by atoms with Crippen LogP contribution < -0.4 is 0 Å². The molecule has 0 radical (unpaired) electrons. The van der Waals surface area contributed by atoms with E-state index < -0.39 is 5.82 Å². The van der Waals surface area contributed by atoms with Crippen LogP contribution in [-0.2, 0) is 0 Å². The standard InChI is InChI=1S/C23H25ClFN3O2/c1-23(2)15-27(22(30)19-5-3-4-6-20(19)25)14-18-13-26(11-12-28(18)23)21(29)16-7-9-17(24)10-8-16/h3-10,18H,11-15H2,1-2H3/t18-/m0/s1. The van der Waals surface area contributed by atoms with E-state index in [1.165, 1.54) is 12.1 Å². The van der Waals surface area contributed by atoms with Crippen molar-refractivity contribution in [2.45, 2.75) is 25.4 Å². The van der Waals surface area contributed by atoms with Crippen LogP contribution in [0.5, 0.6) is 0 Å². The van der Waals surface area contributed by atoms with E-state index in [0.717, 1.165) is 6.54 Å². The van der Waals surface area contributed by atoms with Gasteiger partial charge in [-0.25, -0.2) is 4.39 Å². The van der Waals surface area contributed by atoms with E-state index >= 15 is 0 Å². The number of carbonyl (C=O) groups excluding carboxylic acids is 2. The summed E-state index contributed by atoms with van der Waals surface area (Å²) in [5, 5.41) is 0.590. The van der Waals surface area contributed by atoms with E-state index in [0.29, 0.717) is 36.8 Å².